The molecule has 0 radical (unpaired) electrons. The van der Waals surface area contributed by atoms with Gasteiger partial charge in [-0.1, -0.05) is 116 Å². The lowest BCUT2D eigenvalue weighted by atomic mass is 9.67. The van der Waals surface area contributed by atoms with E-state index in [-0.39, 0.29) is 16.8 Å². The maximum Gasteiger partial charge on any atom is 0.906 e. The zero-order valence-electron chi connectivity index (χ0n) is 31.0. The monoisotopic (exact) mass is 655 g/mol. The van der Waals surface area contributed by atoms with Crippen molar-refractivity contribution in [2.24, 2.45) is 35.5 Å². The lowest BCUT2D eigenvalue weighted by Gasteiger charge is -2.54. The zero-order chi connectivity index (χ0) is 31.9. The number of hydrogen-bond donors (Lipinski definition) is 0. The van der Waals surface area contributed by atoms with Crippen molar-refractivity contribution in [3.8, 4) is 0 Å². The maximum atomic E-state index is 7.97. The van der Waals surface area contributed by atoms with Gasteiger partial charge in [-0.3, -0.25) is 0 Å². The summed E-state index contributed by atoms with van der Waals surface area (Å²) in [5.74, 6) is 3.99. The summed E-state index contributed by atoms with van der Waals surface area (Å²) in [5.41, 5.74) is -0.298. The van der Waals surface area contributed by atoms with Crippen LogP contribution < -0.4 is 0 Å². The van der Waals surface area contributed by atoms with Crippen LogP contribution in [0, 0.1) is 35.5 Å². The van der Waals surface area contributed by atoms with Gasteiger partial charge in [-0.25, -0.2) is 0 Å². The van der Waals surface area contributed by atoms with Gasteiger partial charge in [-0.15, -0.1) is 0 Å². The number of hydrogen-bond acceptors (Lipinski definition) is 3. The third-order valence-electron chi connectivity index (χ3n) is 15.5. The molecule has 0 saturated heterocycles. The van der Waals surface area contributed by atoms with Gasteiger partial charge in [0, 0.05) is 16.8 Å². The van der Waals surface area contributed by atoms with Crippen molar-refractivity contribution < 1.29 is 11.4 Å². The third kappa shape index (κ3) is 8.47. The van der Waals surface area contributed by atoms with Crippen molar-refractivity contribution in [1.29, 1.82) is 0 Å². The quantitative estimate of drug-likeness (QED) is 0.196. The first-order valence-electron chi connectivity index (χ1n) is 21.5. The van der Waals surface area contributed by atoms with Crippen LogP contribution in [0.3, 0.4) is 0 Å². The second-order valence-corrected chi connectivity index (χ2v) is 19.5. The van der Waals surface area contributed by atoms with Gasteiger partial charge >= 0.3 is 15.1 Å². The van der Waals surface area contributed by atoms with E-state index in [9.17, 15) is 0 Å². The molecule has 6 saturated carbocycles. The predicted octanol–water partition coefficient (Wildman–Crippen LogP) is 12.8. The Morgan fingerprint density at radius 2 is 0.435 bits per heavy atom. The molecule has 0 aliphatic heterocycles. The predicted molar refractivity (Wildman–Crippen MR) is 194 cm³/mol. The van der Waals surface area contributed by atoms with E-state index in [1.807, 2.05) is 0 Å². The summed E-state index contributed by atoms with van der Waals surface area (Å²) in [4.78, 5) is 0. The van der Waals surface area contributed by atoms with Crippen LogP contribution in [0.25, 0.3) is 0 Å². The molecule has 0 aromatic rings. The second kappa shape index (κ2) is 17.1. The molecule has 0 aromatic heterocycles. The minimum Gasteiger partial charge on any atom is -0.449 e. The highest BCUT2D eigenvalue weighted by Gasteiger charge is 2.57. The molecular formula is C42H75AlO3. The van der Waals surface area contributed by atoms with Crippen molar-refractivity contribution in [3.05, 3.63) is 0 Å². The van der Waals surface area contributed by atoms with Crippen LogP contribution in [-0.2, 0) is 11.4 Å². The Bertz CT molecular complexity index is 701. The first-order chi connectivity index (χ1) is 22.4. The fraction of sp³-hybridized carbons (Fsp3) is 1.00. The molecule has 0 bridgehead atoms. The molecule has 3 nitrogen and oxygen atoms in total. The second-order valence-electron chi connectivity index (χ2n) is 18.2. The Morgan fingerprint density at radius 3 is 0.587 bits per heavy atom. The highest BCUT2D eigenvalue weighted by atomic mass is 27.3. The van der Waals surface area contributed by atoms with Gasteiger partial charge in [0.1, 0.15) is 0 Å². The molecule has 0 amide bonds. The molecular weight excluding hydrogens is 579 g/mol. The van der Waals surface area contributed by atoms with Crippen LogP contribution in [0.4, 0.5) is 0 Å². The van der Waals surface area contributed by atoms with Gasteiger partial charge in [0.2, 0.25) is 0 Å². The average Bonchev–Trinajstić information content (AvgIpc) is 3.13. The standard InChI is InChI=1S/3C14H25O.Al/c3*1-14(15,12-8-4-2-5-9-12)13-10-6-3-7-11-13;/h3*12-13H,2-11H2,1H3;/q3*-1;+3. The van der Waals surface area contributed by atoms with Gasteiger partial charge in [-0.05, 0) is 133 Å². The molecule has 0 atom stereocenters. The smallest absolute Gasteiger partial charge is 0.449 e. The molecule has 4 heteroatoms. The molecule has 46 heavy (non-hydrogen) atoms. The van der Waals surface area contributed by atoms with E-state index in [0.717, 1.165) is 0 Å². The summed E-state index contributed by atoms with van der Waals surface area (Å²) in [5, 5.41) is 0. The summed E-state index contributed by atoms with van der Waals surface area (Å²) in [6, 6.07) is 0. The third-order valence-corrected chi connectivity index (χ3v) is 17.6. The van der Waals surface area contributed by atoms with E-state index < -0.39 is 15.1 Å². The van der Waals surface area contributed by atoms with Crippen LogP contribution >= 0.6 is 0 Å². The first-order valence-corrected chi connectivity index (χ1v) is 22.9. The molecule has 6 aliphatic carbocycles. The lowest BCUT2D eigenvalue weighted by molar-refractivity contribution is -0.169. The summed E-state index contributed by atoms with van der Waals surface area (Å²) >= 11 is -2.53. The van der Waals surface area contributed by atoms with Gasteiger partial charge < -0.3 is 11.4 Å². The molecule has 6 rings (SSSR count). The van der Waals surface area contributed by atoms with Crippen LogP contribution in [-0.4, -0.2) is 32.0 Å². The highest BCUT2D eigenvalue weighted by Crippen LogP contribution is 2.51. The van der Waals surface area contributed by atoms with Crippen LogP contribution in [0.5, 0.6) is 0 Å². The molecule has 0 spiro atoms. The minimum atomic E-state index is -2.53. The van der Waals surface area contributed by atoms with Crippen molar-refractivity contribution in [2.45, 2.75) is 230 Å². The Labute approximate surface area is 291 Å². The lowest BCUT2D eigenvalue weighted by Crippen LogP contribution is -2.59. The summed E-state index contributed by atoms with van der Waals surface area (Å²) in [6.45, 7) is 7.76. The van der Waals surface area contributed by atoms with Crippen molar-refractivity contribution >= 4 is 15.1 Å². The zero-order valence-corrected chi connectivity index (χ0v) is 32.1. The largest absolute Gasteiger partial charge is 0.906 e. The van der Waals surface area contributed by atoms with Gasteiger partial charge in [0.05, 0.1) is 0 Å². The molecule has 0 N–H and O–H groups in total. The van der Waals surface area contributed by atoms with Crippen molar-refractivity contribution in [2.75, 3.05) is 0 Å². The maximum absolute atomic E-state index is 7.97. The molecule has 6 fully saturated rings. The topological polar surface area (TPSA) is 27.7 Å². The Kier molecular flexibility index (Phi) is 13.4. The fourth-order valence-corrected chi connectivity index (χ4v) is 14.9. The molecule has 264 valence electrons. The number of rotatable bonds is 12. The van der Waals surface area contributed by atoms with E-state index >= 15 is 0 Å². The molecule has 0 aromatic carbocycles. The van der Waals surface area contributed by atoms with Crippen LogP contribution in [0.2, 0.25) is 0 Å². The van der Waals surface area contributed by atoms with E-state index in [0.29, 0.717) is 35.5 Å². The van der Waals surface area contributed by atoms with Gasteiger partial charge in [0.25, 0.3) is 0 Å². The van der Waals surface area contributed by atoms with Crippen LogP contribution in [0.1, 0.15) is 213 Å². The van der Waals surface area contributed by atoms with E-state index in [1.54, 1.807) is 0 Å². The van der Waals surface area contributed by atoms with E-state index in [2.05, 4.69) is 20.8 Å². The summed E-state index contributed by atoms with van der Waals surface area (Å²) in [6.07, 6.45) is 41.2. The average molecular weight is 655 g/mol. The van der Waals surface area contributed by atoms with E-state index in [1.165, 1.54) is 193 Å². The molecule has 0 unspecified atom stereocenters. The normalized spacial score (nSPS) is 27.2. The highest BCUT2D eigenvalue weighted by molar-refractivity contribution is 6.37. The minimum absolute atomic E-state index is 0.0994. The molecule has 0 heterocycles. The Balaban J connectivity index is 1.37. The fourth-order valence-electron chi connectivity index (χ4n) is 12.3. The van der Waals surface area contributed by atoms with Gasteiger partial charge in [0.15, 0.2) is 0 Å². The first kappa shape index (κ1) is 36.2. The van der Waals surface area contributed by atoms with Gasteiger partial charge in [-0.2, -0.15) is 0 Å². The summed E-state index contributed by atoms with van der Waals surface area (Å²) in [7, 11) is 0. The SMILES string of the molecule is CC([O][Al]([O]C(C)(C1CCCCC1)C1CCCCC1)[O]C(C)(C1CCCCC1)C1CCCCC1)(C1CCCCC1)C1CCCCC1. The van der Waals surface area contributed by atoms with Crippen LogP contribution in [0.15, 0.2) is 0 Å². The van der Waals surface area contributed by atoms with E-state index in [4.69, 9.17) is 11.4 Å². The molecule has 6 aliphatic rings. The van der Waals surface area contributed by atoms with Crippen molar-refractivity contribution in [1.82, 2.24) is 0 Å². The Morgan fingerprint density at radius 1 is 0.283 bits per heavy atom. The Hall–Kier alpha value is 0.412. The van der Waals surface area contributed by atoms with Crippen molar-refractivity contribution in [3.63, 3.8) is 0 Å². The summed E-state index contributed by atoms with van der Waals surface area (Å²) < 4.78 is 23.9.